The third-order valence-corrected chi connectivity index (χ3v) is 5.27. The van der Waals surface area contributed by atoms with Crippen molar-refractivity contribution in [2.24, 2.45) is 0 Å². The second-order valence-electron chi connectivity index (χ2n) is 5.97. The van der Waals surface area contributed by atoms with Gasteiger partial charge in [0.05, 0.1) is 0 Å². The van der Waals surface area contributed by atoms with E-state index < -0.39 is 5.97 Å². The molecule has 2 saturated heterocycles. The highest BCUT2D eigenvalue weighted by Crippen LogP contribution is 2.32. The van der Waals surface area contributed by atoms with Crippen LogP contribution in [0.25, 0.3) is 0 Å². The summed E-state index contributed by atoms with van der Waals surface area (Å²) in [4.78, 5) is 15.8. The average Bonchev–Trinajstić information content (AvgIpc) is 2.75. The van der Waals surface area contributed by atoms with E-state index in [-0.39, 0.29) is 6.04 Å². The van der Waals surface area contributed by atoms with Crippen LogP contribution in [0.4, 0.5) is 0 Å². The van der Waals surface area contributed by atoms with E-state index >= 15 is 0 Å². The Morgan fingerprint density at radius 3 is 2.39 bits per heavy atom. The molecule has 0 saturated carbocycles. The average molecular weight is 254 g/mol. The molecule has 0 bridgehead atoms. The van der Waals surface area contributed by atoms with Gasteiger partial charge in [-0.2, -0.15) is 0 Å². The third-order valence-electron chi connectivity index (χ3n) is 5.27. The van der Waals surface area contributed by atoms with Crippen molar-refractivity contribution in [3.05, 3.63) is 0 Å². The molecule has 2 aliphatic heterocycles. The maximum atomic E-state index is 11.1. The summed E-state index contributed by atoms with van der Waals surface area (Å²) >= 11 is 0. The van der Waals surface area contributed by atoms with E-state index in [0.717, 1.165) is 32.5 Å². The Kier molecular flexibility index (Phi) is 3.97. The molecule has 2 atom stereocenters. The first-order chi connectivity index (χ1) is 8.51. The first-order valence-corrected chi connectivity index (χ1v) is 7.25. The van der Waals surface area contributed by atoms with Gasteiger partial charge in [0.15, 0.2) is 0 Å². The summed E-state index contributed by atoms with van der Waals surface area (Å²) in [6, 6.07) is 0.238. The predicted molar refractivity (Wildman–Crippen MR) is 71.7 cm³/mol. The molecule has 2 fully saturated rings. The molecule has 4 nitrogen and oxygen atoms in total. The molecule has 0 aromatic carbocycles. The summed E-state index contributed by atoms with van der Waals surface area (Å²) in [5, 5.41) is 9.13. The van der Waals surface area contributed by atoms with Crippen molar-refractivity contribution in [2.75, 3.05) is 19.6 Å². The van der Waals surface area contributed by atoms with E-state index in [1.54, 1.807) is 0 Å². The molecule has 2 rings (SSSR count). The van der Waals surface area contributed by atoms with Gasteiger partial charge in [-0.25, -0.2) is 0 Å². The number of carbonyl (C=O) groups is 1. The number of carboxylic acids is 1. The third kappa shape index (κ3) is 2.28. The molecule has 2 heterocycles. The van der Waals surface area contributed by atoms with Gasteiger partial charge in [0.1, 0.15) is 6.04 Å². The molecular formula is C14H26N2O2. The quantitative estimate of drug-likeness (QED) is 0.812. The van der Waals surface area contributed by atoms with Crippen molar-refractivity contribution in [1.82, 2.24) is 9.80 Å². The molecule has 2 unspecified atom stereocenters. The van der Waals surface area contributed by atoms with Crippen LogP contribution in [0.2, 0.25) is 0 Å². The molecule has 0 radical (unpaired) electrons. The monoisotopic (exact) mass is 254 g/mol. The summed E-state index contributed by atoms with van der Waals surface area (Å²) in [6.45, 7) is 9.96. The minimum Gasteiger partial charge on any atom is -0.480 e. The van der Waals surface area contributed by atoms with Crippen LogP contribution in [0, 0.1) is 0 Å². The zero-order valence-electron chi connectivity index (χ0n) is 11.9. The summed E-state index contributed by atoms with van der Waals surface area (Å²) in [6.07, 6.45) is 4.28. The highest BCUT2D eigenvalue weighted by atomic mass is 16.4. The minimum absolute atomic E-state index is 0.218. The molecule has 2 aliphatic rings. The largest absolute Gasteiger partial charge is 0.480 e. The summed E-state index contributed by atoms with van der Waals surface area (Å²) in [7, 11) is 0. The van der Waals surface area contributed by atoms with Crippen LogP contribution in [0.5, 0.6) is 0 Å². The minimum atomic E-state index is -0.645. The van der Waals surface area contributed by atoms with Gasteiger partial charge in [0.25, 0.3) is 0 Å². The number of rotatable bonds is 5. The Morgan fingerprint density at radius 1 is 1.28 bits per heavy atom. The number of hydrogen-bond acceptors (Lipinski definition) is 3. The van der Waals surface area contributed by atoms with Gasteiger partial charge in [0, 0.05) is 31.2 Å². The van der Waals surface area contributed by atoms with Gasteiger partial charge in [-0.05, 0) is 32.6 Å². The maximum absolute atomic E-state index is 11.1. The Bertz CT molecular complexity index is 315. The van der Waals surface area contributed by atoms with E-state index in [1.165, 1.54) is 12.8 Å². The topological polar surface area (TPSA) is 43.8 Å². The van der Waals surface area contributed by atoms with Crippen LogP contribution in [0.3, 0.4) is 0 Å². The van der Waals surface area contributed by atoms with Gasteiger partial charge >= 0.3 is 5.97 Å². The highest BCUT2D eigenvalue weighted by molar-refractivity contribution is 5.74. The highest BCUT2D eigenvalue weighted by Gasteiger charge is 2.43. The molecule has 0 spiro atoms. The van der Waals surface area contributed by atoms with E-state index in [4.69, 9.17) is 5.11 Å². The lowest BCUT2D eigenvalue weighted by molar-refractivity contribution is -0.150. The van der Waals surface area contributed by atoms with Crippen molar-refractivity contribution < 1.29 is 9.90 Å². The van der Waals surface area contributed by atoms with Crippen LogP contribution >= 0.6 is 0 Å². The van der Waals surface area contributed by atoms with Crippen molar-refractivity contribution in [1.29, 1.82) is 0 Å². The van der Waals surface area contributed by atoms with Gasteiger partial charge in [0.2, 0.25) is 0 Å². The smallest absolute Gasteiger partial charge is 0.320 e. The van der Waals surface area contributed by atoms with Crippen LogP contribution in [-0.2, 0) is 4.79 Å². The van der Waals surface area contributed by atoms with Crippen LogP contribution in [-0.4, -0.2) is 58.1 Å². The molecule has 0 aromatic rings. The van der Waals surface area contributed by atoms with Gasteiger partial charge in [-0.15, -0.1) is 0 Å². The number of aliphatic carboxylic acids is 1. The summed E-state index contributed by atoms with van der Waals surface area (Å²) in [5.74, 6) is -0.645. The van der Waals surface area contributed by atoms with Gasteiger partial charge in [-0.1, -0.05) is 13.8 Å². The number of carboxylic acid groups (broad SMARTS) is 1. The molecule has 0 aromatic heterocycles. The fourth-order valence-corrected chi connectivity index (χ4v) is 3.31. The molecule has 18 heavy (non-hydrogen) atoms. The molecule has 4 heteroatoms. The maximum Gasteiger partial charge on any atom is 0.320 e. The molecule has 0 aliphatic carbocycles. The fourth-order valence-electron chi connectivity index (χ4n) is 3.31. The second-order valence-corrected chi connectivity index (χ2v) is 5.97. The Balaban J connectivity index is 1.94. The zero-order chi connectivity index (χ0) is 13.3. The predicted octanol–water partition coefficient (Wildman–Crippen LogP) is 1.80. The lowest BCUT2D eigenvalue weighted by Gasteiger charge is -2.43. The fraction of sp³-hybridized carbons (Fsp3) is 0.929. The molecule has 0 amide bonds. The normalized spacial score (nSPS) is 30.4. The second kappa shape index (κ2) is 5.17. The Labute approximate surface area is 110 Å². The van der Waals surface area contributed by atoms with Crippen LogP contribution in [0.15, 0.2) is 0 Å². The van der Waals surface area contributed by atoms with E-state index in [1.807, 2.05) is 0 Å². The molecular weight excluding hydrogens is 228 g/mol. The first kappa shape index (κ1) is 13.8. The van der Waals surface area contributed by atoms with Crippen LogP contribution < -0.4 is 0 Å². The van der Waals surface area contributed by atoms with Crippen molar-refractivity contribution in [3.8, 4) is 0 Å². The van der Waals surface area contributed by atoms with Crippen molar-refractivity contribution >= 4 is 5.97 Å². The van der Waals surface area contributed by atoms with E-state index in [9.17, 15) is 4.79 Å². The number of nitrogens with zero attached hydrogens (tertiary/aromatic N) is 2. The van der Waals surface area contributed by atoms with Crippen molar-refractivity contribution in [3.63, 3.8) is 0 Å². The summed E-state index contributed by atoms with van der Waals surface area (Å²) < 4.78 is 0. The Morgan fingerprint density at radius 2 is 1.94 bits per heavy atom. The zero-order valence-corrected chi connectivity index (χ0v) is 11.9. The number of hydrogen-bond donors (Lipinski definition) is 1. The number of likely N-dealkylation sites (tertiary alicyclic amines) is 2. The van der Waals surface area contributed by atoms with Crippen molar-refractivity contribution in [2.45, 2.75) is 64.1 Å². The molecule has 1 N–H and O–H groups in total. The lowest BCUT2D eigenvalue weighted by atomic mass is 9.93. The lowest BCUT2D eigenvalue weighted by Crippen LogP contribution is -2.58. The SMILES string of the molecule is CCC(C)(CC)N1CCC(N2CCC2C(=O)O)C1. The van der Waals surface area contributed by atoms with Crippen LogP contribution in [0.1, 0.15) is 46.5 Å². The summed E-state index contributed by atoms with van der Waals surface area (Å²) in [5.41, 5.74) is 0.290. The van der Waals surface area contributed by atoms with E-state index in [2.05, 4.69) is 30.6 Å². The molecule has 104 valence electrons. The van der Waals surface area contributed by atoms with E-state index in [0.29, 0.717) is 11.6 Å². The Hall–Kier alpha value is -0.610. The van der Waals surface area contributed by atoms with Gasteiger partial charge in [-0.3, -0.25) is 14.6 Å². The standard InChI is InChI=1S/C14H26N2O2/c1-4-14(3,5-2)15-8-6-11(10-15)16-9-7-12(16)13(17)18/h11-12H,4-10H2,1-3H3,(H,17,18). The first-order valence-electron chi connectivity index (χ1n) is 7.25. The van der Waals surface area contributed by atoms with Gasteiger partial charge < -0.3 is 5.11 Å².